The normalized spacial score (nSPS) is 16.4. The van der Waals surface area contributed by atoms with Crippen molar-refractivity contribution in [2.45, 2.75) is 77.3 Å². The molecular formula is C44H51F2N7O5. The summed E-state index contributed by atoms with van der Waals surface area (Å²) in [6.45, 7) is 7.45. The number of nitrogens with one attached hydrogen (secondary N) is 2. The highest BCUT2D eigenvalue weighted by Gasteiger charge is 2.29. The van der Waals surface area contributed by atoms with Crippen molar-refractivity contribution in [2.75, 3.05) is 45.1 Å². The number of nitriles is 1. The number of fused-ring (bicyclic) bond motifs is 1. The summed E-state index contributed by atoms with van der Waals surface area (Å²) in [5.41, 5.74) is 2.06. The second-order valence-corrected chi connectivity index (χ2v) is 15.5. The van der Waals surface area contributed by atoms with Gasteiger partial charge in [-0.1, -0.05) is 19.1 Å². The Bertz CT molecular complexity index is 2220. The lowest BCUT2D eigenvalue weighted by Gasteiger charge is -2.37. The molecule has 3 heterocycles. The van der Waals surface area contributed by atoms with E-state index in [1.165, 1.54) is 31.3 Å². The Morgan fingerprint density at radius 1 is 1.02 bits per heavy atom. The maximum atomic E-state index is 15.3. The zero-order valence-corrected chi connectivity index (χ0v) is 33.3. The van der Waals surface area contributed by atoms with E-state index in [2.05, 4.69) is 27.4 Å². The van der Waals surface area contributed by atoms with Crippen LogP contribution in [-0.4, -0.2) is 83.3 Å². The molecule has 0 bridgehead atoms. The third-order valence-corrected chi connectivity index (χ3v) is 11.8. The van der Waals surface area contributed by atoms with Crippen LogP contribution in [0.2, 0.25) is 0 Å². The van der Waals surface area contributed by atoms with Crippen molar-refractivity contribution < 1.29 is 27.9 Å². The van der Waals surface area contributed by atoms with Gasteiger partial charge in [-0.25, -0.2) is 13.8 Å². The number of aryl methyl sites for hydroxylation is 2. The molecule has 2 N–H and O–H groups in total. The second kappa shape index (κ2) is 19.2. The van der Waals surface area contributed by atoms with Crippen LogP contribution in [0.4, 0.5) is 14.5 Å². The molecule has 0 spiro atoms. The van der Waals surface area contributed by atoms with Crippen LogP contribution in [0.1, 0.15) is 74.5 Å². The average Bonchev–Trinajstić information content (AvgIpc) is 3.23. The number of hydrogen-bond acceptors (Lipinski definition) is 9. The van der Waals surface area contributed by atoms with Crippen molar-refractivity contribution in [3.63, 3.8) is 0 Å². The Morgan fingerprint density at radius 2 is 1.78 bits per heavy atom. The van der Waals surface area contributed by atoms with E-state index in [0.29, 0.717) is 85.2 Å². The van der Waals surface area contributed by atoms with E-state index in [4.69, 9.17) is 4.74 Å². The minimum absolute atomic E-state index is 0.0313. The van der Waals surface area contributed by atoms with Gasteiger partial charge in [0.2, 0.25) is 11.8 Å². The molecule has 2 fully saturated rings. The highest BCUT2D eigenvalue weighted by Crippen LogP contribution is 2.33. The monoisotopic (exact) mass is 795 g/mol. The minimum Gasteiger partial charge on any atom is -0.453 e. The summed E-state index contributed by atoms with van der Waals surface area (Å²) >= 11 is 0. The fourth-order valence-corrected chi connectivity index (χ4v) is 8.19. The summed E-state index contributed by atoms with van der Waals surface area (Å²) in [7, 11) is 1.52. The number of carbonyl (C=O) groups is 3. The van der Waals surface area contributed by atoms with Gasteiger partial charge in [0.1, 0.15) is 35.5 Å². The molecule has 2 atom stereocenters. The quantitative estimate of drug-likeness (QED) is 0.132. The molecule has 2 aliphatic heterocycles. The van der Waals surface area contributed by atoms with Crippen LogP contribution < -0.4 is 20.9 Å². The molecule has 0 saturated carbocycles. The van der Waals surface area contributed by atoms with E-state index in [-0.39, 0.29) is 52.6 Å². The van der Waals surface area contributed by atoms with Crippen molar-refractivity contribution in [3.8, 4) is 17.6 Å². The number of likely N-dealkylation sites (N-methyl/N-ethyl adjacent to an activating group) is 1. The van der Waals surface area contributed by atoms with Crippen LogP contribution in [0, 0.1) is 41.7 Å². The molecule has 306 valence electrons. The Labute approximate surface area is 337 Å². The summed E-state index contributed by atoms with van der Waals surface area (Å²) in [5.74, 6) is -0.347. The molecule has 2 saturated heterocycles. The smallest absolute Gasteiger partial charge is 0.261 e. The van der Waals surface area contributed by atoms with E-state index in [9.17, 15) is 28.8 Å². The summed E-state index contributed by atoms with van der Waals surface area (Å²) in [5, 5.41) is 15.5. The lowest BCUT2D eigenvalue weighted by atomic mass is 9.83. The van der Waals surface area contributed by atoms with E-state index in [0.717, 1.165) is 38.4 Å². The number of likely N-dealkylation sites (tertiary alicyclic amines) is 2. The molecule has 14 heteroatoms. The van der Waals surface area contributed by atoms with Crippen LogP contribution >= 0.6 is 0 Å². The first-order chi connectivity index (χ1) is 28.0. The maximum Gasteiger partial charge on any atom is 0.261 e. The number of carbonyl (C=O) groups excluding carboxylic acids is 3. The summed E-state index contributed by atoms with van der Waals surface area (Å²) in [4.78, 5) is 58.4. The minimum atomic E-state index is -0.663. The molecule has 0 radical (unpaired) electrons. The van der Waals surface area contributed by atoms with Crippen molar-refractivity contribution >= 4 is 34.7 Å². The molecule has 58 heavy (non-hydrogen) atoms. The maximum absolute atomic E-state index is 15.3. The number of piperidine rings is 2. The molecule has 4 aromatic rings. The lowest BCUT2D eigenvalue weighted by molar-refractivity contribution is -0.134. The topological polar surface area (TPSA) is 150 Å². The average molecular weight is 796 g/mol. The van der Waals surface area contributed by atoms with E-state index >= 15 is 4.39 Å². The third kappa shape index (κ3) is 9.88. The van der Waals surface area contributed by atoms with Crippen LogP contribution in [-0.2, 0) is 20.9 Å². The van der Waals surface area contributed by atoms with Gasteiger partial charge < -0.3 is 25.1 Å². The summed E-state index contributed by atoms with van der Waals surface area (Å²) < 4.78 is 37.2. The molecule has 2 unspecified atom stereocenters. The van der Waals surface area contributed by atoms with Gasteiger partial charge in [-0.15, -0.1) is 0 Å². The number of rotatable bonds is 15. The van der Waals surface area contributed by atoms with Gasteiger partial charge in [-0.05, 0) is 124 Å². The number of halogens is 2. The van der Waals surface area contributed by atoms with Crippen molar-refractivity contribution in [1.29, 1.82) is 5.26 Å². The number of anilines is 1. The molecule has 6 rings (SSSR count). The van der Waals surface area contributed by atoms with Gasteiger partial charge in [0.05, 0.1) is 23.8 Å². The van der Waals surface area contributed by atoms with Gasteiger partial charge in [0.25, 0.3) is 5.56 Å². The Kier molecular flexibility index (Phi) is 13.9. The first-order valence-corrected chi connectivity index (χ1v) is 20.1. The zero-order chi connectivity index (χ0) is 41.3. The number of benzene rings is 3. The number of hydrogen-bond donors (Lipinski definition) is 2. The van der Waals surface area contributed by atoms with E-state index < -0.39 is 11.9 Å². The fraction of sp³-hybridized carbons (Fsp3) is 0.455. The Hall–Kier alpha value is -5.68. The predicted octanol–water partition coefficient (Wildman–Crippen LogP) is 6.30. The van der Waals surface area contributed by atoms with Crippen molar-refractivity contribution in [3.05, 3.63) is 93.5 Å². The van der Waals surface area contributed by atoms with Crippen LogP contribution in [0.5, 0.6) is 11.5 Å². The van der Waals surface area contributed by atoms with Gasteiger partial charge in [0, 0.05) is 38.8 Å². The molecular weight excluding hydrogens is 745 g/mol. The highest BCUT2D eigenvalue weighted by molar-refractivity contribution is 5.84. The first kappa shape index (κ1) is 41.9. The molecule has 3 aromatic carbocycles. The Balaban J connectivity index is 0.955. The van der Waals surface area contributed by atoms with Crippen molar-refractivity contribution in [1.82, 2.24) is 24.7 Å². The first-order valence-electron chi connectivity index (χ1n) is 20.1. The number of aromatic nitrogens is 2. The van der Waals surface area contributed by atoms with E-state index in [1.54, 1.807) is 42.1 Å². The van der Waals surface area contributed by atoms with Gasteiger partial charge in [-0.3, -0.25) is 23.9 Å². The number of amides is 2. The molecule has 2 amide bonds. The molecule has 2 aliphatic rings. The SMILES string of the molecule is CNC(=O)C(CCC=O)Nc1ccc(C2CCN(CC(=O)N3CCC(C(C)CCn4cnc5ccc(Oc6c(F)ccc(C)c6C#N)cc5c4=O)CC3)CC2)c(F)c1. The molecule has 0 aliphatic carbocycles. The number of nitrogens with zero attached hydrogens (tertiary/aromatic N) is 5. The van der Waals surface area contributed by atoms with Crippen LogP contribution in [0.3, 0.4) is 0 Å². The van der Waals surface area contributed by atoms with Crippen LogP contribution in [0.15, 0.2) is 59.7 Å². The standard InChI is InChI=1S/C44H51F2N7O5/c1-28(12-19-53-27-49-39-11-8-33(24-35(39)44(53)57)58-42-36(25-47)29(2)6-10-37(42)45)30-15-20-52(21-16-30)41(55)26-51-17-13-31(14-18-51)34-9-7-32(23-38(34)46)50-40(5-4-22-54)43(56)48-3/h6-11,22-24,27-28,30-31,40,50H,4-5,12-21,26H2,1-3H3,(H,48,56). The number of aldehydes is 1. The van der Waals surface area contributed by atoms with Gasteiger partial charge >= 0.3 is 0 Å². The second-order valence-electron chi connectivity index (χ2n) is 15.5. The largest absolute Gasteiger partial charge is 0.453 e. The fourth-order valence-electron chi connectivity index (χ4n) is 8.19. The summed E-state index contributed by atoms with van der Waals surface area (Å²) in [6.07, 6.45) is 6.82. The molecule has 1 aromatic heterocycles. The Morgan fingerprint density at radius 3 is 2.47 bits per heavy atom. The number of ether oxygens (including phenoxy) is 1. The highest BCUT2D eigenvalue weighted by atomic mass is 19.1. The van der Waals surface area contributed by atoms with Gasteiger partial charge in [-0.2, -0.15) is 5.26 Å². The third-order valence-electron chi connectivity index (χ3n) is 11.8. The van der Waals surface area contributed by atoms with E-state index in [1.807, 2.05) is 11.0 Å². The molecule has 12 nitrogen and oxygen atoms in total. The predicted molar refractivity (Wildman–Crippen MR) is 217 cm³/mol. The van der Waals surface area contributed by atoms with Gasteiger partial charge in [0.15, 0.2) is 11.6 Å². The van der Waals surface area contributed by atoms with Crippen LogP contribution in [0.25, 0.3) is 10.9 Å². The van der Waals surface area contributed by atoms with Crippen molar-refractivity contribution in [2.24, 2.45) is 11.8 Å². The summed E-state index contributed by atoms with van der Waals surface area (Å²) in [6, 6.07) is 13.8. The zero-order valence-electron chi connectivity index (χ0n) is 33.3. The lowest BCUT2D eigenvalue weighted by Crippen LogP contribution is -2.46.